The average molecular weight is 368 g/mol. The van der Waals surface area contributed by atoms with Crippen molar-refractivity contribution < 1.29 is 9.59 Å². The van der Waals surface area contributed by atoms with Gasteiger partial charge in [0.1, 0.15) is 0 Å². The number of primary amides is 1. The second-order valence-corrected chi connectivity index (χ2v) is 7.69. The lowest BCUT2D eigenvalue weighted by atomic mass is 9.87. The molecule has 0 heterocycles. The van der Waals surface area contributed by atoms with Gasteiger partial charge in [-0.3, -0.25) is 9.59 Å². The van der Waals surface area contributed by atoms with E-state index in [2.05, 4.69) is 5.32 Å². The number of nitrogens with one attached hydrogen (secondary N) is 1. The number of anilines is 2. The zero-order valence-electron chi connectivity index (χ0n) is 16.1. The first kappa shape index (κ1) is 20.5. The summed E-state index contributed by atoms with van der Waals surface area (Å²) in [6, 6.07) is 16.5. The van der Waals surface area contributed by atoms with Gasteiger partial charge < -0.3 is 21.7 Å². The normalized spacial score (nSPS) is 12.3. The summed E-state index contributed by atoms with van der Waals surface area (Å²) in [5.41, 5.74) is 13.6. The van der Waals surface area contributed by atoms with Crippen LogP contribution in [0.1, 0.15) is 26.3 Å². The Morgan fingerprint density at radius 3 is 2.33 bits per heavy atom. The molecule has 2 aromatic carbocycles. The van der Waals surface area contributed by atoms with Gasteiger partial charge in [0.2, 0.25) is 11.8 Å². The molecule has 0 bridgehead atoms. The van der Waals surface area contributed by atoms with Crippen LogP contribution in [0, 0.1) is 5.41 Å². The van der Waals surface area contributed by atoms with Gasteiger partial charge in [0.15, 0.2) is 0 Å². The van der Waals surface area contributed by atoms with Crippen molar-refractivity contribution in [2.45, 2.75) is 33.4 Å². The van der Waals surface area contributed by atoms with Crippen molar-refractivity contribution >= 4 is 23.2 Å². The van der Waals surface area contributed by atoms with Crippen LogP contribution in [-0.4, -0.2) is 24.4 Å². The molecule has 1 atom stereocenters. The number of benzene rings is 2. The highest BCUT2D eigenvalue weighted by atomic mass is 16.2. The monoisotopic (exact) mass is 368 g/mol. The van der Waals surface area contributed by atoms with E-state index in [-0.39, 0.29) is 17.9 Å². The molecule has 0 aliphatic heterocycles. The molecule has 5 N–H and O–H groups in total. The number of hydrogen-bond donors (Lipinski definition) is 3. The van der Waals surface area contributed by atoms with E-state index < -0.39 is 11.9 Å². The fourth-order valence-corrected chi connectivity index (χ4v) is 2.62. The molecule has 6 nitrogen and oxygen atoms in total. The lowest BCUT2D eigenvalue weighted by Crippen LogP contribution is -2.45. The molecule has 0 aromatic heterocycles. The number of carbonyl (C=O) groups is 2. The highest BCUT2D eigenvalue weighted by Gasteiger charge is 2.27. The molecular formula is C21H28N4O2. The van der Waals surface area contributed by atoms with Gasteiger partial charge in [0, 0.05) is 17.9 Å². The lowest BCUT2D eigenvalue weighted by Gasteiger charge is -2.27. The Bertz CT molecular complexity index is 784. The maximum atomic E-state index is 12.4. The van der Waals surface area contributed by atoms with Crippen LogP contribution in [0.3, 0.4) is 0 Å². The van der Waals surface area contributed by atoms with E-state index in [0.29, 0.717) is 12.2 Å². The Morgan fingerprint density at radius 1 is 1.07 bits per heavy atom. The molecule has 2 aromatic rings. The van der Waals surface area contributed by atoms with Crippen LogP contribution in [0.25, 0.3) is 0 Å². The molecule has 144 valence electrons. The summed E-state index contributed by atoms with van der Waals surface area (Å²) in [6.45, 7) is 6.36. The molecular weight excluding hydrogens is 340 g/mol. The van der Waals surface area contributed by atoms with Gasteiger partial charge in [0.05, 0.1) is 12.6 Å². The number of amides is 2. The third-order valence-electron chi connectivity index (χ3n) is 4.26. The van der Waals surface area contributed by atoms with E-state index in [1.165, 1.54) is 0 Å². The van der Waals surface area contributed by atoms with Gasteiger partial charge in [-0.1, -0.05) is 57.2 Å². The van der Waals surface area contributed by atoms with Crippen LogP contribution in [0.2, 0.25) is 0 Å². The predicted molar refractivity (Wildman–Crippen MR) is 109 cm³/mol. The first-order valence-corrected chi connectivity index (χ1v) is 8.90. The zero-order valence-corrected chi connectivity index (χ0v) is 16.1. The summed E-state index contributed by atoms with van der Waals surface area (Å²) in [6.07, 6.45) is 0. The van der Waals surface area contributed by atoms with Crippen molar-refractivity contribution in [1.82, 2.24) is 0 Å². The Balaban J connectivity index is 2.21. The number of carbonyl (C=O) groups excluding carboxylic acids is 2. The van der Waals surface area contributed by atoms with E-state index in [4.69, 9.17) is 11.5 Å². The van der Waals surface area contributed by atoms with Crippen LogP contribution < -0.4 is 21.7 Å². The SMILES string of the molecule is CC(C)(C)[C@H](N)C(=O)Nc1cccc(N(CC(N)=O)Cc2ccccc2)c1. The smallest absolute Gasteiger partial charge is 0.241 e. The second kappa shape index (κ2) is 8.68. The Morgan fingerprint density at radius 2 is 1.74 bits per heavy atom. The van der Waals surface area contributed by atoms with Crippen LogP contribution in [0.5, 0.6) is 0 Å². The van der Waals surface area contributed by atoms with Crippen molar-refractivity contribution in [3.05, 3.63) is 60.2 Å². The van der Waals surface area contributed by atoms with Crippen molar-refractivity contribution in [3.63, 3.8) is 0 Å². The van der Waals surface area contributed by atoms with Gasteiger partial charge in [-0.25, -0.2) is 0 Å². The van der Waals surface area contributed by atoms with Crippen molar-refractivity contribution in [1.29, 1.82) is 0 Å². The number of nitrogens with zero attached hydrogens (tertiary/aromatic N) is 1. The molecule has 2 rings (SSSR count). The third-order valence-corrected chi connectivity index (χ3v) is 4.26. The highest BCUT2D eigenvalue weighted by molar-refractivity contribution is 5.95. The molecule has 6 heteroatoms. The summed E-state index contributed by atoms with van der Waals surface area (Å²) in [7, 11) is 0. The molecule has 27 heavy (non-hydrogen) atoms. The van der Waals surface area contributed by atoms with Crippen LogP contribution in [0.4, 0.5) is 11.4 Å². The number of rotatable bonds is 7. The van der Waals surface area contributed by atoms with E-state index in [0.717, 1.165) is 11.3 Å². The van der Waals surface area contributed by atoms with Gasteiger partial charge in [-0.15, -0.1) is 0 Å². The van der Waals surface area contributed by atoms with Crippen LogP contribution in [-0.2, 0) is 16.1 Å². The van der Waals surface area contributed by atoms with Crippen LogP contribution >= 0.6 is 0 Å². The molecule has 0 saturated carbocycles. The fourth-order valence-electron chi connectivity index (χ4n) is 2.62. The maximum absolute atomic E-state index is 12.4. The summed E-state index contributed by atoms with van der Waals surface area (Å²) in [4.78, 5) is 25.8. The molecule has 0 radical (unpaired) electrons. The Hall–Kier alpha value is -2.86. The molecule has 0 saturated heterocycles. The van der Waals surface area contributed by atoms with Gasteiger partial charge in [0.25, 0.3) is 0 Å². The zero-order chi connectivity index (χ0) is 20.0. The largest absolute Gasteiger partial charge is 0.368 e. The number of nitrogens with two attached hydrogens (primary N) is 2. The lowest BCUT2D eigenvalue weighted by molar-refractivity contribution is -0.119. The minimum atomic E-state index is -0.632. The predicted octanol–water partition coefficient (Wildman–Crippen LogP) is 2.49. The Labute approximate surface area is 160 Å². The quantitative estimate of drug-likeness (QED) is 0.699. The van der Waals surface area contributed by atoms with Crippen molar-refractivity contribution in [3.8, 4) is 0 Å². The fraction of sp³-hybridized carbons (Fsp3) is 0.333. The number of hydrogen-bond acceptors (Lipinski definition) is 4. The average Bonchev–Trinajstić information content (AvgIpc) is 2.60. The molecule has 0 aliphatic carbocycles. The molecule has 0 unspecified atom stereocenters. The van der Waals surface area contributed by atoms with Crippen molar-refractivity contribution in [2.75, 3.05) is 16.8 Å². The van der Waals surface area contributed by atoms with E-state index >= 15 is 0 Å². The molecule has 2 amide bonds. The van der Waals surface area contributed by atoms with Crippen molar-refractivity contribution in [2.24, 2.45) is 16.9 Å². The van der Waals surface area contributed by atoms with E-state index in [9.17, 15) is 9.59 Å². The summed E-state index contributed by atoms with van der Waals surface area (Å²) < 4.78 is 0. The van der Waals surface area contributed by atoms with E-state index in [1.54, 1.807) is 6.07 Å². The first-order chi connectivity index (χ1) is 12.7. The standard InChI is InChI=1S/C21H28N4O2/c1-21(2,3)19(23)20(27)24-16-10-7-11-17(12-16)25(14-18(22)26)13-15-8-5-4-6-9-15/h4-12,19H,13-14,23H2,1-3H3,(H2,22,26)(H,24,27)/t19-/m1/s1. The third kappa shape index (κ3) is 6.11. The summed E-state index contributed by atoms with van der Waals surface area (Å²) in [5.74, 6) is -0.667. The highest BCUT2D eigenvalue weighted by Crippen LogP contribution is 2.23. The second-order valence-electron chi connectivity index (χ2n) is 7.69. The van der Waals surface area contributed by atoms with Gasteiger partial charge in [-0.2, -0.15) is 0 Å². The van der Waals surface area contributed by atoms with E-state index in [1.807, 2.05) is 74.2 Å². The summed E-state index contributed by atoms with van der Waals surface area (Å²) >= 11 is 0. The first-order valence-electron chi connectivity index (χ1n) is 8.90. The van der Waals surface area contributed by atoms with Crippen LogP contribution in [0.15, 0.2) is 54.6 Å². The van der Waals surface area contributed by atoms with Gasteiger partial charge >= 0.3 is 0 Å². The maximum Gasteiger partial charge on any atom is 0.241 e. The van der Waals surface area contributed by atoms with Gasteiger partial charge in [-0.05, 0) is 29.2 Å². The summed E-state index contributed by atoms with van der Waals surface area (Å²) in [5, 5.41) is 2.85. The molecule has 0 fully saturated rings. The Kier molecular flexibility index (Phi) is 6.58. The molecule has 0 aliphatic rings. The topological polar surface area (TPSA) is 101 Å². The molecule has 0 spiro atoms. The minimum absolute atomic E-state index is 0.0772. The minimum Gasteiger partial charge on any atom is -0.368 e.